The van der Waals surface area contributed by atoms with Gasteiger partial charge in [0.05, 0.1) is 17.8 Å². The van der Waals surface area contributed by atoms with Gasteiger partial charge in [-0.05, 0) is 32.1 Å². The highest BCUT2D eigenvalue weighted by Gasteiger charge is 2.33. The van der Waals surface area contributed by atoms with Crippen molar-refractivity contribution in [1.29, 1.82) is 0 Å². The number of aromatic nitrogens is 1. The van der Waals surface area contributed by atoms with Crippen molar-refractivity contribution < 1.29 is 4.74 Å². The quantitative estimate of drug-likeness (QED) is 0.743. The first kappa shape index (κ1) is 14.9. The van der Waals surface area contributed by atoms with Gasteiger partial charge in [0.25, 0.3) is 0 Å². The molecule has 1 aromatic rings. The van der Waals surface area contributed by atoms with E-state index in [1.807, 2.05) is 11.3 Å². The molecule has 1 atom stereocenters. The lowest BCUT2D eigenvalue weighted by Crippen LogP contribution is -2.43. The first-order valence-corrected chi connectivity index (χ1v) is 8.30. The van der Waals surface area contributed by atoms with Crippen LogP contribution in [0.3, 0.4) is 0 Å². The van der Waals surface area contributed by atoms with Crippen LogP contribution in [0.15, 0.2) is 0 Å². The number of fused-ring (bicyclic) bond motifs is 1. The van der Waals surface area contributed by atoms with Gasteiger partial charge in [-0.1, -0.05) is 20.3 Å². The molecule has 0 radical (unpaired) electrons. The maximum atomic E-state index is 5.18. The molecule has 4 heteroatoms. The molecule has 0 saturated heterocycles. The Morgan fingerprint density at radius 3 is 2.84 bits per heavy atom. The lowest BCUT2D eigenvalue weighted by molar-refractivity contribution is 0.178. The molecule has 0 aliphatic heterocycles. The van der Waals surface area contributed by atoms with E-state index in [9.17, 15) is 0 Å². The second-order valence-corrected chi connectivity index (χ2v) is 6.43. The SMILES string of the molecule is CCCC(CC)(NCCOC)c1nc2c(s1)CCC2. The molecule has 3 nitrogen and oxygen atoms in total. The molecule has 2 rings (SSSR count). The zero-order valence-corrected chi connectivity index (χ0v) is 13.2. The van der Waals surface area contributed by atoms with E-state index in [4.69, 9.17) is 9.72 Å². The summed E-state index contributed by atoms with van der Waals surface area (Å²) in [7, 11) is 1.76. The van der Waals surface area contributed by atoms with Crippen molar-refractivity contribution in [3.63, 3.8) is 0 Å². The molecule has 0 amide bonds. The van der Waals surface area contributed by atoms with E-state index in [0.29, 0.717) is 0 Å². The summed E-state index contributed by atoms with van der Waals surface area (Å²) < 4.78 is 5.18. The van der Waals surface area contributed by atoms with Crippen LogP contribution in [0.2, 0.25) is 0 Å². The number of nitrogens with one attached hydrogen (secondary N) is 1. The fraction of sp³-hybridized carbons (Fsp3) is 0.800. The van der Waals surface area contributed by atoms with Crippen LogP contribution in [0.4, 0.5) is 0 Å². The minimum atomic E-state index is 0.0578. The van der Waals surface area contributed by atoms with Crippen molar-refractivity contribution >= 4 is 11.3 Å². The number of hydrogen-bond donors (Lipinski definition) is 1. The third-order valence-electron chi connectivity index (χ3n) is 4.05. The fourth-order valence-electron chi connectivity index (χ4n) is 2.94. The molecule has 0 bridgehead atoms. The van der Waals surface area contributed by atoms with Crippen LogP contribution < -0.4 is 5.32 Å². The summed E-state index contributed by atoms with van der Waals surface area (Å²) >= 11 is 1.94. The topological polar surface area (TPSA) is 34.1 Å². The molecule has 108 valence electrons. The second-order valence-electron chi connectivity index (χ2n) is 5.35. The molecule has 19 heavy (non-hydrogen) atoms. The largest absolute Gasteiger partial charge is 0.383 e. The highest BCUT2D eigenvalue weighted by atomic mass is 32.1. The first-order valence-electron chi connectivity index (χ1n) is 7.48. The summed E-state index contributed by atoms with van der Waals surface area (Å²) in [5.74, 6) is 0. The minimum Gasteiger partial charge on any atom is -0.383 e. The zero-order chi connectivity index (χ0) is 13.7. The van der Waals surface area contributed by atoms with E-state index in [1.165, 1.54) is 41.3 Å². The summed E-state index contributed by atoms with van der Waals surface area (Å²) in [6.45, 7) is 6.18. The molecule has 1 aliphatic rings. The maximum Gasteiger partial charge on any atom is 0.113 e. The van der Waals surface area contributed by atoms with Crippen molar-refractivity contribution in [3.05, 3.63) is 15.6 Å². The van der Waals surface area contributed by atoms with Gasteiger partial charge in [0.2, 0.25) is 0 Å². The van der Waals surface area contributed by atoms with Crippen LogP contribution in [0.1, 0.15) is 55.1 Å². The molecular weight excluding hydrogens is 256 g/mol. The molecule has 0 saturated carbocycles. The van der Waals surface area contributed by atoms with Gasteiger partial charge in [-0.25, -0.2) is 4.98 Å². The molecule has 0 fully saturated rings. The Morgan fingerprint density at radius 1 is 1.37 bits per heavy atom. The lowest BCUT2D eigenvalue weighted by Gasteiger charge is -2.32. The van der Waals surface area contributed by atoms with E-state index in [-0.39, 0.29) is 5.54 Å². The number of thiazole rings is 1. The van der Waals surface area contributed by atoms with Crippen LogP contribution in [0.25, 0.3) is 0 Å². The average molecular weight is 282 g/mol. The Labute approximate surface area is 120 Å². The Bertz CT molecular complexity index is 383. The third kappa shape index (κ3) is 3.18. The standard InChI is InChI=1S/C15H26N2OS/c1-4-9-15(5-2,16-10-11-18-3)14-17-12-7-6-8-13(12)19-14/h16H,4-11H2,1-3H3. The number of nitrogens with zero attached hydrogens (tertiary/aromatic N) is 1. The van der Waals surface area contributed by atoms with Crippen molar-refractivity contribution in [2.24, 2.45) is 0 Å². The molecular formula is C15H26N2OS. The van der Waals surface area contributed by atoms with Gasteiger partial charge in [0, 0.05) is 18.5 Å². The van der Waals surface area contributed by atoms with Gasteiger partial charge >= 0.3 is 0 Å². The highest BCUT2D eigenvalue weighted by Crippen LogP contribution is 2.37. The number of rotatable bonds is 8. The van der Waals surface area contributed by atoms with E-state index < -0.39 is 0 Å². The Kier molecular flexibility index (Phi) is 5.37. The maximum absolute atomic E-state index is 5.18. The fourth-order valence-corrected chi connectivity index (χ4v) is 4.35. The van der Waals surface area contributed by atoms with Gasteiger partial charge in [-0.15, -0.1) is 11.3 Å². The van der Waals surface area contributed by atoms with E-state index in [0.717, 1.165) is 26.0 Å². The van der Waals surface area contributed by atoms with Gasteiger partial charge in [-0.3, -0.25) is 0 Å². The minimum absolute atomic E-state index is 0.0578. The van der Waals surface area contributed by atoms with Crippen LogP contribution in [0, 0.1) is 0 Å². The van der Waals surface area contributed by atoms with Crippen LogP contribution in [-0.2, 0) is 23.1 Å². The van der Waals surface area contributed by atoms with Crippen molar-refractivity contribution in [1.82, 2.24) is 10.3 Å². The normalized spacial score (nSPS) is 17.4. The lowest BCUT2D eigenvalue weighted by atomic mass is 9.91. The number of methoxy groups -OCH3 is 1. The molecule has 1 unspecified atom stereocenters. The van der Waals surface area contributed by atoms with Gasteiger partial charge in [0.15, 0.2) is 0 Å². The predicted octanol–water partition coefficient (Wildman–Crippen LogP) is 3.27. The Balaban J connectivity index is 2.19. The van der Waals surface area contributed by atoms with Crippen molar-refractivity contribution in [2.75, 3.05) is 20.3 Å². The predicted molar refractivity (Wildman–Crippen MR) is 80.9 cm³/mol. The van der Waals surface area contributed by atoms with Crippen LogP contribution in [0.5, 0.6) is 0 Å². The highest BCUT2D eigenvalue weighted by molar-refractivity contribution is 7.12. The molecule has 1 heterocycles. The van der Waals surface area contributed by atoms with Crippen LogP contribution >= 0.6 is 11.3 Å². The van der Waals surface area contributed by atoms with E-state index in [2.05, 4.69) is 19.2 Å². The monoisotopic (exact) mass is 282 g/mol. The smallest absolute Gasteiger partial charge is 0.113 e. The molecule has 1 N–H and O–H groups in total. The third-order valence-corrected chi connectivity index (χ3v) is 5.42. The molecule has 1 aliphatic carbocycles. The van der Waals surface area contributed by atoms with E-state index >= 15 is 0 Å². The summed E-state index contributed by atoms with van der Waals surface area (Å²) in [5, 5.41) is 5.02. The molecule has 1 aromatic heterocycles. The summed E-state index contributed by atoms with van der Waals surface area (Å²) in [6, 6.07) is 0. The molecule has 0 spiro atoms. The number of hydrogen-bond acceptors (Lipinski definition) is 4. The summed E-state index contributed by atoms with van der Waals surface area (Å²) in [5.41, 5.74) is 1.42. The molecule has 0 aromatic carbocycles. The zero-order valence-electron chi connectivity index (χ0n) is 12.4. The Morgan fingerprint density at radius 2 is 2.21 bits per heavy atom. The summed E-state index contributed by atoms with van der Waals surface area (Å²) in [6.07, 6.45) is 7.12. The van der Waals surface area contributed by atoms with E-state index in [1.54, 1.807) is 7.11 Å². The van der Waals surface area contributed by atoms with Crippen molar-refractivity contribution in [2.45, 2.75) is 57.9 Å². The van der Waals surface area contributed by atoms with Gasteiger partial charge in [0.1, 0.15) is 5.01 Å². The van der Waals surface area contributed by atoms with Gasteiger partial charge < -0.3 is 10.1 Å². The first-order chi connectivity index (χ1) is 9.25. The number of ether oxygens (including phenoxy) is 1. The summed E-state index contributed by atoms with van der Waals surface area (Å²) in [4.78, 5) is 6.47. The number of aryl methyl sites for hydroxylation is 2. The van der Waals surface area contributed by atoms with Crippen LogP contribution in [-0.4, -0.2) is 25.2 Å². The van der Waals surface area contributed by atoms with Crippen molar-refractivity contribution in [3.8, 4) is 0 Å². The average Bonchev–Trinajstić information content (AvgIpc) is 2.99. The van der Waals surface area contributed by atoms with Gasteiger partial charge in [-0.2, -0.15) is 0 Å². The Hall–Kier alpha value is -0.450. The second kappa shape index (κ2) is 6.82.